The number of benzene rings is 2. The van der Waals surface area contributed by atoms with Crippen LogP contribution in [-0.4, -0.2) is 44.8 Å². The number of likely N-dealkylation sites (tertiary alicyclic amines) is 1. The molecule has 1 fully saturated rings. The Morgan fingerprint density at radius 1 is 1.09 bits per heavy atom. The standard InChI is InChI=1S/C26H25FN4O2S/c1-17-5-6-18(2)22(16-17)33-21-11-13-30(14-12-21)26(32)24-28-25(23-4-3-15-34-23)31(29-24)20-9-7-19(27)8-10-20/h3-10,15-16,21H,11-14H2,1-2H3. The largest absolute Gasteiger partial charge is 0.490 e. The number of aryl methyl sites for hydroxylation is 2. The molecule has 8 heteroatoms. The van der Waals surface area contributed by atoms with Gasteiger partial charge in [-0.2, -0.15) is 0 Å². The summed E-state index contributed by atoms with van der Waals surface area (Å²) in [4.78, 5) is 20.5. The van der Waals surface area contributed by atoms with E-state index in [-0.39, 0.29) is 23.7 Å². The van der Waals surface area contributed by atoms with Crippen LogP contribution in [0.5, 0.6) is 5.75 Å². The maximum absolute atomic E-state index is 13.4. The molecule has 1 aliphatic rings. The van der Waals surface area contributed by atoms with Crippen LogP contribution in [0.25, 0.3) is 16.4 Å². The number of carbonyl (C=O) groups is 1. The lowest BCUT2D eigenvalue weighted by atomic mass is 10.1. The first kappa shape index (κ1) is 22.3. The number of halogens is 1. The molecule has 34 heavy (non-hydrogen) atoms. The minimum atomic E-state index is -0.330. The summed E-state index contributed by atoms with van der Waals surface area (Å²) in [5.74, 6) is 1.08. The summed E-state index contributed by atoms with van der Waals surface area (Å²) in [7, 11) is 0. The Morgan fingerprint density at radius 2 is 1.85 bits per heavy atom. The number of ether oxygens (including phenoxy) is 1. The van der Waals surface area contributed by atoms with E-state index in [1.165, 1.54) is 23.5 Å². The maximum Gasteiger partial charge on any atom is 0.293 e. The fourth-order valence-electron chi connectivity index (χ4n) is 4.06. The third kappa shape index (κ3) is 4.59. The molecule has 0 atom stereocenters. The number of thiophene rings is 1. The minimum Gasteiger partial charge on any atom is -0.490 e. The highest BCUT2D eigenvalue weighted by atomic mass is 32.1. The predicted octanol–water partition coefficient (Wildman–Crippen LogP) is 5.44. The molecule has 1 saturated heterocycles. The van der Waals surface area contributed by atoms with Crippen molar-refractivity contribution in [2.75, 3.05) is 13.1 Å². The van der Waals surface area contributed by atoms with Crippen LogP contribution in [0.2, 0.25) is 0 Å². The van der Waals surface area contributed by atoms with Crippen molar-refractivity contribution >= 4 is 17.2 Å². The SMILES string of the molecule is Cc1ccc(C)c(OC2CCN(C(=O)c3nc(-c4cccs4)n(-c4ccc(F)cc4)n3)CC2)c1. The van der Waals surface area contributed by atoms with Gasteiger partial charge in [-0.05, 0) is 66.8 Å². The Hall–Kier alpha value is -3.52. The monoisotopic (exact) mass is 476 g/mol. The van der Waals surface area contributed by atoms with E-state index in [1.807, 2.05) is 24.4 Å². The molecule has 0 spiro atoms. The number of hydrogen-bond donors (Lipinski definition) is 0. The van der Waals surface area contributed by atoms with Crippen molar-refractivity contribution < 1.29 is 13.9 Å². The second kappa shape index (κ2) is 9.38. The molecule has 4 aromatic rings. The quantitative estimate of drug-likeness (QED) is 0.385. The topological polar surface area (TPSA) is 60.2 Å². The van der Waals surface area contributed by atoms with Gasteiger partial charge in [0, 0.05) is 25.9 Å². The van der Waals surface area contributed by atoms with Crippen LogP contribution in [0.4, 0.5) is 4.39 Å². The summed E-state index contributed by atoms with van der Waals surface area (Å²) in [5.41, 5.74) is 2.93. The molecule has 0 N–H and O–H groups in total. The lowest BCUT2D eigenvalue weighted by Gasteiger charge is -2.32. The van der Waals surface area contributed by atoms with Gasteiger partial charge in [0.1, 0.15) is 17.7 Å². The third-order valence-electron chi connectivity index (χ3n) is 5.98. The summed E-state index contributed by atoms with van der Waals surface area (Å²) < 4.78 is 21.3. The van der Waals surface area contributed by atoms with E-state index in [9.17, 15) is 9.18 Å². The normalized spacial score (nSPS) is 14.4. The number of nitrogens with zero attached hydrogens (tertiary/aromatic N) is 4. The van der Waals surface area contributed by atoms with Crippen molar-refractivity contribution in [3.8, 4) is 22.1 Å². The number of piperidine rings is 1. The van der Waals surface area contributed by atoms with Crippen LogP contribution in [-0.2, 0) is 0 Å². The van der Waals surface area contributed by atoms with Crippen molar-refractivity contribution in [1.29, 1.82) is 0 Å². The highest BCUT2D eigenvalue weighted by Crippen LogP contribution is 2.27. The molecule has 174 valence electrons. The molecule has 0 bridgehead atoms. The smallest absolute Gasteiger partial charge is 0.293 e. The minimum absolute atomic E-state index is 0.0657. The first-order valence-electron chi connectivity index (χ1n) is 11.3. The van der Waals surface area contributed by atoms with Crippen LogP contribution in [0.15, 0.2) is 60.0 Å². The van der Waals surface area contributed by atoms with E-state index in [2.05, 4.69) is 35.2 Å². The average Bonchev–Trinajstić information content (AvgIpc) is 3.52. The van der Waals surface area contributed by atoms with Gasteiger partial charge in [-0.25, -0.2) is 14.1 Å². The van der Waals surface area contributed by atoms with E-state index in [4.69, 9.17) is 4.74 Å². The predicted molar refractivity (Wildman–Crippen MR) is 130 cm³/mol. The van der Waals surface area contributed by atoms with Gasteiger partial charge in [0.15, 0.2) is 5.82 Å². The zero-order chi connectivity index (χ0) is 23.7. The highest BCUT2D eigenvalue weighted by Gasteiger charge is 2.28. The van der Waals surface area contributed by atoms with Crippen molar-refractivity contribution in [2.24, 2.45) is 0 Å². The Morgan fingerprint density at radius 3 is 2.56 bits per heavy atom. The van der Waals surface area contributed by atoms with Gasteiger partial charge in [-0.15, -0.1) is 16.4 Å². The van der Waals surface area contributed by atoms with E-state index < -0.39 is 0 Å². The number of rotatable bonds is 5. The van der Waals surface area contributed by atoms with Crippen molar-refractivity contribution in [3.63, 3.8) is 0 Å². The lowest BCUT2D eigenvalue weighted by Crippen LogP contribution is -2.42. The molecule has 0 radical (unpaired) electrons. The second-order valence-electron chi connectivity index (χ2n) is 8.50. The van der Waals surface area contributed by atoms with Gasteiger partial charge in [0.05, 0.1) is 10.6 Å². The van der Waals surface area contributed by atoms with Gasteiger partial charge in [0.25, 0.3) is 5.91 Å². The summed E-state index contributed by atoms with van der Waals surface area (Å²) in [6, 6.07) is 16.1. The Balaban J connectivity index is 1.33. The van der Waals surface area contributed by atoms with E-state index in [0.717, 1.165) is 34.6 Å². The van der Waals surface area contributed by atoms with Gasteiger partial charge in [-0.3, -0.25) is 4.79 Å². The molecule has 1 amide bonds. The number of aromatic nitrogens is 3. The fraction of sp³-hybridized carbons (Fsp3) is 0.269. The third-order valence-corrected chi connectivity index (χ3v) is 6.84. The highest BCUT2D eigenvalue weighted by molar-refractivity contribution is 7.13. The van der Waals surface area contributed by atoms with Gasteiger partial charge < -0.3 is 9.64 Å². The zero-order valence-electron chi connectivity index (χ0n) is 19.1. The molecule has 2 aromatic heterocycles. The van der Waals surface area contributed by atoms with Crippen LogP contribution in [0.3, 0.4) is 0 Å². The summed E-state index contributed by atoms with van der Waals surface area (Å²) in [6.07, 6.45) is 1.56. The van der Waals surface area contributed by atoms with Crippen molar-refractivity contribution in [2.45, 2.75) is 32.8 Å². The Bertz CT molecular complexity index is 1290. The molecular formula is C26H25FN4O2S. The average molecular weight is 477 g/mol. The van der Waals surface area contributed by atoms with Gasteiger partial charge >= 0.3 is 0 Å². The molecule has 5 rings (SSSR count). The van der Waals surface area contributed by atoms with E-state index in [0.29, 0.717) is 24.6 Å². The first-order valence-corrected chi connectivity index (χ1v) is 12.2. The van der Waals surface area contributed by atoms with E-state index >= 15 is 0 Å². The molecule has 0 saturated carbocycles. The maximum atomic E-state index is 13.4. The Kier molecular flexibility index (Phi) is 6.15. The zero-order valence-corrected chi connectivity index (χ0v) is 19.9. The van der Waals surface area contributed by atoms with Crippen LogP contribution >= 0.6 is 11.3 Å². The summed E-state index contributed by atoms with van der Waals surface area (Å²) in [5, 5.41) is 6.46. The first-order chi connectivity index (χ1) is 16.5. The second-order valence-corrected chi connectivity index (χ2v) is 9.45. The van der Waals surface area contributed by atoms with Crippen LogP contribution in [0.1, 0.15) is 34.6 Å². The molecule has 3 heterocycles. The van der Waals surface area contributed by atoms with Crippen molar-refractivity contribution in [3.05, 3.63) is 82.7 Å². The fourth-order valence-corrected chi connectivity index (χ4v) is 4.76. The Labute approximate surface area is 201 Å². The van der Waals surface area contributed by atoms with Gasteiger partial charge in [-0.1, -0.05) is 18.2 Å². The lowest BCUT2D eigenvalue weighted by molar-refractivity contribution is 0.0583. The molecule has 6 nitrogen and oxygen atoms in total. The van der Waals surface area contributed by atoms with Gasteiger partial charge in [0.2, 0.25) is 5.82 Å². The van der Waals surface area contributed by atoms with Crippen LogP contribution in [0, 0.1) is 19.7 Å². The summed E-state index contributed by atoms with van der Waals surface area (Å²) in [6.45, 7) is 5.25. The molecule has 0 unspecified atom stereocenters. The number of hydrogen-bond acceptors (Lipinski definition) is 5. The number of amides is 1. The molecule has 0 aliphatic carbocycles. The summed E-state index contributed by atoms with van der Waals surface area (Å²) >= 11 is 1.51. The number of carbonyl (C=O) groups excluding carboxylic acids is 1. The molecule has 2 aromatic carbocycles. The molecular weight excluding hydrogens is 451 g/mol. The van der Waals surface area contributed by atoms with Crippen LogP contribution < -0.4 is 4.74 Å². The molecule has 1 aliphatic heterocycles. The van der Waals surface area contributed by atoms with Crippen molar-refractivity contribution in [1.82, 2.24) is 19.7 Å². The van der Waals surface area contributed by atoms with E-state index in [1.54, 1.807) is 21.7 Å².